The summed E-state index contributed by atoms with van der Waals surface area (Å²) in [6, 6.07) is 0. The Bertz CT molecular complexity index is 122. The van der Waals surface area contributed by atoms with Crippen molar-refractivity contribution in [1.29, 1.82) is 0 Å². The lowest BCUT2D eigenvalue weighted by Gasteiger charge is -1.96. The molecule has 0 amide bonds. The van der Waals surface area contributed by atoms with Crippen molar-refractivity contribution in [2.24, 2.45) is 0 Å². The minimum Gasteiger partial charge on any atom is -0.370 e. The van der Waals surface area contributed by atoms with E-state index in [-0.39, 0.29) is 0 Å². The van der Waals surface area contributed by atoms with Crippen LogP contribution in [0.1, 0.15) is 65.2 Å². The van der Waals surface area contributed by atoms with Crippen LogP contribution in [0.2, 0.25) is 0 Å². The van der Waals surface area contributed by atoms with Gasteiger partial charge in [-0.1, -0.05) is 52.4 Å². The zero-order valence-corrected chi connectivity index (χ0v) is 9.22. The van der Waals surface area contributed by atoms with Gasteiger partial charge >= 0.3 is 0 Å². The standard InChI is InChI=1S/C12H24O/c1-3-5-7-8-10-12-11(13-12)9-6-4-2/h11-12H,3-10H2,1-2H3. The molecule has 0 bridgehead atoms. The summed E-state index contributed by atoms with van der Waals surface area (Å²) in [5.74, 6) is 0. The van der Waals surface area contributed by atoms with Gasteiger partial charge in [-0.3, -0.25) is 0 Å². The van der Waals surface area contributed by atoms with Crippen molar-refractivity contribution in [2.45, 2.75) is 77.4 Å². The Labute approximate surface area is 82.9 Å². The largest absolute Gasteiger partial charge is 0.370 e. The molecule has 1 heterocycles. The summed E-state index contributed by atoms with van der Waals surface area (Å²) in [5.41, 5.74) is 0. The normalized spacial score (nSPS) is 26.3. The van der Waals surface area contributed by atoms with Gasteiger partial charge in [0.15, 0.2) is 0 Å². The van der Waals surface area contributed by atoms with Crippen LogP contribution in [0.5, 0.6) is 0 Å². The predicted octanol–water partition coefficient (Wildman–Crippen LogP) is 3.91. The fraction of sp³-hybridized carbons (Fsp3) is 1.00. The second-order valence-electron chi connectivity index (χ2n) is 4.20. The molecular weight excluding hydrogens is 160 g/mol. The van der Waals surface area contributed by atoms with Crippen LogP contribution in [0.4, 0.5) is 0 Å². The molecule has 0 radical (unpaired) electrons. The van der Waals surface area contributed by atoms with Gasteiger partial charge in [0.25, 0.3) is 0 Å². The third-order valence-electron chi connectivity index (χ3n) is 2.87. The second kappa shape index (κ2) is 6.42. The predicted molar refractivity (Wildman–Crippen MR) is 56.9 cm³/mol. The first kappa shape index (κ1) is 11.0. The highest BCUT2D eigenvalue weighted by Crippen LogP contribution is 2.31. The molecule has 0 spiro atoms. The summed E-state index contributed by atoms with van der Waals surface area (Å²) < 4.78 is 5.60. The van der Waals surface area contributed by atoms with E-state index in [2.05, 4.69) is 13.8 Å². The molecule has 1 nitrogen and oxygen atoms in total. The number of rotatable bonds is 8. The van der Waals surface area contributed by atoms with Crippen LogP contribution < -0.4 is 0 Å². The second-order valence-corrected chi connectivity index (χ2v) is 4.20. The minimum absolute atomic E-state index is 0.640. The molecule has 2 atom stereocenters. The van der Waals surface area contributed by atoms with Crippen LogP contribution in [0.15, 0.2) is 0 Å². The van der Waals surface area contributed by atoms with Gasteiger partial charge in [0, 0.05) is 0 Å². The summed E-state index contributed by atoms with van der Waals surface area (Å²) in [6.45, 7) is 4.51. The number of hydrogen-bond donors (Lipinski definition) is 0. The molecule has 1 fully saturated rings. The Morgan fingerprint density at radius 1 is 0.769 bits per heavy atom. The Balaban J connectivity index is 1.83. The highest BCUT2D eigenvalue weighted by atomic mass is 16.6. The molecule has 1 saturated heterocycles. The third kappa shape index (κ3) is 4.66. The van der Waals surface area contributed by atoms with Crippen molar-refractivity contribution in [3.05, 3.63) is 0 Å². The van der Waals surface area contributed by atoms with Crippen molar-refractivity contribution >= 4 is 0 Å². The topological polar surface area (TPSA) is 12.5 Å². The summed E-state index contributed by atoms with van der Waals surface area (Å²) in [4.78, 5) is 0. The quantitative estimate of drug-likeness (QED) is 0.411. The first-order chi connectivity index (χ1) is 6.38. The van der Waals surface area contributed by atoms with Gasteiger partial charge in [-0.15, -0.1) is 0 Å². The first-order valence-electron chi connectivity index (χ1n) is 6.04. The zero-order valence-electron chi connectivity index (χ0n) is 9.22. The maximum atomic E-state index is 5.60. The number of ether oxygens (including phenoxy) is 1. The summed E-state index contributed by atoms with van der Waals surface area (Å²) in [6.07, 6.45) is 12.1. The molecule has 0 aromatic carbocycles. The lowest BCUT2D eigenvalue weighted by atomic mass is 10.1. The first-order valence-corrected chi connectivity index (χ1v) is 6.04. The van der Waals surface area contributed by atoms with Crippen LogP contribution >= 0.6 is 0 Å². The molecule has 1 rings (SSSR count). The maximum absolute atomic E-state index is 5.60. The van der Waals surface area contributed by atoms with Crippen molar-refractivity contribution in [3.8, 4) is 0 Å². The molecule has 0 aromatic rings. The van der Waals surface area contributed by atoms with E-state index < -0.39 is 0 Å². The highest BCUT2D eigenvalue weighted by Gasteiger charge is 2.36. The number of unbranched alkanes of at least 4 members (excludes halogenated alkanes) is 4. The Hall–Kier alpha value is -0.0400. The van der Waals surface area contributed by atoms with E-state index in [4.69, 9.17) is 4.74 Å². The summed E-state index contributed by atoms with van der Waals surface area (Å²) in [5, 5.41) is 0. The van der Waals surface area contributed by atoms with Crippen LogP contribution in [0.3, 0.4) is 0 Å². The van der Waals surface area contributed by atoms with Crippen molar-refractivity contribution in [3.63, 3.8) is 0 Å². The van der Waals surface area contributed by atoms with E-state index in [1.807, 2.05) is 0 Å². The van der Waals surface area contributed by atoms with Gasteiger partial charge in [-0.2, -0.15) is 0 Å². The maximum Gasteiger partial charge on any atom is 0.0841 e. The number of epoxide rings is 1. The Morgan fingerprint density at radius 3 is 2.00 bits per heavy atom. The molecule has 1 aliphatic rings. The Morgan fingerprint density at radius 2 is 1.38 bits per heavy atom. The molecule has 0 aromatic heterocycles. The zero-order chi connectivity index (χ0) is 9.52. The third-order valence-corrected chi connectivity index (χ3v) is 2.87. The van der Waals surface area contributed by atoms with Crippen molar-refractivity contribution in [1.82, 2.24) is 0 Å². The molecule has 1 aliphatic heterocycles. The fourth-order valence-electron chi connectivity index (χ4n) is 1.86. The molecule has 0 saturated carbocycles. The minimum atomic E-state index is 0.640. The lowest BCUT2D eigenvalue weighted by Crippen LogP contribution is -1.93. The summed E-state index contributed by atoms with van der Waals surface area (Å²) >= 11 is 0. The molecule has 1 heteroatoms. The van der Waals surface area contributed by atoms with Gasteiger partial charge in [0.2, 0.25) is 0 Å². The SMILES string of the molecule is CCCCCCC1OC1CCCC. The highest BCUT2D eigenvalue weighted by molar-refractivity contribution is 4.84. The molecule has 13 heavy (non-hydrogen) atoms. The van der Waals surface area contributed by atoms with Gasteiger partial charge < -0.3 is 4.74 Å². The van der Waals surface area contributed by atoms with E-state index in [1.165, 1.54) is 51.4 Å². The van der Waals surface area contributed by atoms with E-state index >= 15 is 0 Å². The van der Waals surface area contributed by atoms with Gasteiger partial charge in [0.1, 0.15) is 0 Å². The monoisotopic (exact) mass is 184 g/mol. The van der Waals surface area contributed by atoms with Crippen LogP contribution in [-0.2, 0) is 4.74 Å². The lowest BCUT2D eigenvalue weighted by molar-refractivity contribution is 0.349. The Kier molecular flexibility index (Phi) is 5.45. The van der Waals surface area contributed by atoms with Crippen molar-refractivity contribution in [2.75, 3.05) is 0 Å². The molecule has 0 N–H and O–H groups in total. The van der Waals surface area contributed by atoms with Crippen LogP contribution in [0.25, 0.3) is 0 Å². The van der Waals surface area contributed by atoms with Gasteiger partial charge in [0.05, 0.1) is 12.2 Å². The van der Waals surface area contributed by atoms with Gasteiger partial charge in [-0.05, 0) is 12.8 Å². The van der Waals surface area contributed by atoms with Crippen LogP contribution in [0, 0.1) is 0 Å². The fourth-order valence-corrected chi connectivity index (χ4v) is 1.86. The molecule has 78 valence electrons. The van der Waals surface area contributed by atoms with E-state index in [9.17, 15) is 0 Å². The average molecular weight is 184 g/mol. The van der Waals surface area contributed by atoms with E-state index in [0.717, 1.165) is 0 Å². The number of hydrogen-bond acceptors (Lipinski definition) is 1. The van der Waals surface area contributed by atoms with E-state index in [1.54, 1.807) is 0 Å². The molecule has 2 unspecified atom stereocenters. The average Bonchev–Trinajstić information content (AvgIpc) is 2.88. The van der Waals surface area contributed by atoms with Gasteiger partial charge in [-0.25, -0.2) is 0 Å². The molecule has 0 aliphatic carbocycles. The van der Waals surface area contributed by atoms with E-state index in [0.29, 0.717) is 12.2 Å². The van der Waals surface area contributed by atoms with Crippen molar-refractivity contribution < 1.29 is 4.74 Å². The van der Waals surface area contributed by atoms with Crippen LogP contribution in [-0.4, -0.2) is 12.2 Å². The molecular formula is C12H24O. The smallest absolute Gasteiger partial charge is 0.0841 e. The summed E-state index contributed by atoms with van der Waals surface area (Å²) in [7, 11) is 0.